The van der Waals surface area contributed by atoms with Crippen molar-refractivity contribution < 1.29 is 0 Å². The third-order valence-corrected chi connectivity index (χ3v) is 16.1. The van der Waals surface area contributed by atoms with Crippen molar-refractivity contribution in [1.29, 1.82) is 0 Å². The number of hydrogen-bond acceptors (Lipinski definition) is 0. The van der Waals surface area contributed by atoms with Crippen molar-refractivity contribution in [3.05, 3.63) is 103 Å². The molecule has 0 aliphatic heterocycles. The molecule has 0 atom stereocenters. The van der Waals surface area contributed by atoms with E-state index in [1.54, 1.807) is 0 Å². The molecule has 0 fully saturated rings. The normalized spacial score (nSPS) is 13.2. The molecule has 31 heavy (non-hydrogen) atoms. The van der Waals surface area contributed by atoms with Gasteiger partial charge in [-0.2, -0.15) is 0 Å². The molecule has 0 amide bonds. The van der Waals surface area contributed by atoms with Crippen LogP contribution in [0, 0.1) is 0 Å². The fraction of sp³-hybridized carbons (Fsp3) is 0.286. The average Bonchev–Trinajstić information content (AvgIpc) is 2.84. The van der Waals surface area contributed by atoms with Gasteiger partial charge in [-0.1, -0.05) is 0 Å². The van der Waals surface area contributed by atoms with Gasteiger partial charge in [-0.05, 0) is 0 Å². The summed E-state index contributed by atoms with van der Waals surface area (Å²) in [6.07, 6.45) is 13.5. The van der Waals surface area contributed by atoms with Gasteiger partial charge in [-0.3, -0.25) is 0 Å². The number of allylic oxidation sites excluding steroid dienone is 2. The molecule has 0 saturated heterocycles. The van der Waals surface area contributed by atoms with Crippen LogP contribution in [0.3, 0.4) is 0 Å². The number of benzene rings is 3. The maximum atomic E-state index is 4.50. The summed E-state index contributed by atoms with van der Waals surface area (Å²) in [4.78, 5) is 0. The minimum atomic E-state index is -2.80. The SMILES string of the molecule is BrCCCCCCCC=CCP(Br)(c1ccccc1)(c1ccccc1)c1ccccc1. The third kappa shape index (κ3) is 5.78. The van der Waals surface area contributed by atoms with Crippen LogP contribution in [0.2, 0.25) is 0 Å². The van der Waals surface area contributed by atoms with E-state index >= 15 is 0 Å². The standard InChI is InChI=1S/C28H33Br2P/c29-24-16-5-3-1-2-4-6-17-25-31(30,26-18-10-7-11-19-26,27-20-12-8-13-21-27)28-22-14-9-15-23-28/h6-15,17-23H,1-5,16,24-25H2. The summed E-state index contributed by atoms with van der Waals surface area (Å²) >= 11 is 8.03. The van der Waals surface area contributed by atoms with E-state index in [0.29, 0.717) is 0 Å². The monoisotopic (exact) mass is 558 g/mol. The van der Waals surface area contributed by atoms with Gasteiger partial charge in [0.05, 0.1) is 0 Å². The van der Waals surface area contributed by atoms with E-state index in [1.807, 2.05) is 0 Å². The quantitative estimate of drug-likeness (QED) is 0.0909. The number of hydrogen-bond donors (Lipinski definition) is 0. The Morgan fingerprint density at radius 3 is 1.42 bits per heavy atom. The van der Waals surface area contributed by atoms with Crippen molar-refractivity contribution in [2.24, 2.45) is 0 Å². The molecule has 3 rings (SSSR count). The van der Waals surface area contributed by atoms with Crippen LogP contribution in [-0.4, -0.2) is 11.5 Å². The summed E-state index contributed by atoms with van der Waals surface area (Å²) < 4.78 is 0. The van der Waals surface area contributed by atoms with Gasteiger partial charge in [0.2, 0.25) is 0 Å². The predicted molar refractivity (Wildman–Crippen MR) is 150 cm³/mol. The van der Waals surface area contributed by atoms with Crippen molar-refractivity contribution in [3.63, 3.8) is 0 Å². The van der Waals surface area contributed by atoms with Gasteiger partial charge in [0.1, 0.15) is 0 Å². The van der Waals surface area contributed by atoms with E-state index in [1.165, 1.54) is 48.0 Å². The molecular weight excluding hydrogens is 527 g/mol. The second-order valence-electron chi connectivity index (χ2n) is 8.09. The van der Waals surface area contributed by atoms with Crippen LogP contribution >= 0.6 is 36.7 Å². The van der Waals surface area contributed by atoms with E-state index < -0.39 is 5.31 Å². The third-order valence-electron chi connectivity index (χ3n) is 6.00. The van der Waals surface area contributed by atoms with Crippen molar-refractivity contribution in [2.45, 2.75) is 38.5 Å². The Morgan fingerprint density at radius 1 is 0.548 bits per heavy atom. The Morgan fingerprint density at radius 2 is 0.968 bits per heavy atom. The maximum absolute atomic E-state index is 4.50. The molecule has 0 bridgehead atoms. The zero-order valence-corrected chi connectivity index (χ0v) is 22.2. The Hall–Kier alpha value is -1.21. The van der Waals surface area contributed by atoms with Crippen molar-refractivity contribution >= 4 is 52.6 Å². The van der Waals surface area contributed by atoms with Crippen molar-refractivity contribution in [1.82, 2.24) is 0 Å². The Kier molecular flexibility index (Phi) is 9.57. The Balaban J connectivity index is 1.93. The molecule has 164 valence electrons. The van der Waals surface area contributed by atoms with E-state index in [4.69, 9.17) is 0 Å². The van der Waals surface area contributed by atoms with Crippen molar-refractivity contribution in [3.8, 4) is 0 Å². The molecule has 0 aliphatic rings. The number of rotatable bonds is 12. The molecule has 0 aliphatic carbocycles. The fourth-order valence-corrected chi connectivity index (χ4v) is 11.7. The first-order valence-electron chi connectivity index (χ1n) is 11.3. The summed E-state index contributed by atoms with van der Waals surface area (Å²) in [6.45, 7) is 0. The molecule has 0 spiro atoms. The van der Waals surface area contributed by atoms with E-state index in [-0.39, 0.29) is 0 Å². The Bertz CT molecular complexity index is 824. The summed E-state index contributed by atoms with van der Waals surface area (Å²) in [5.74, 6) is 0. The van der Waals surface area contributed by atoms with Crippen LogP contribution in [0.4, 0.5) is 0 Å². The van der Waals surface area contributed by atoms with Crippen LogP contribution in [-0.2, 0) is 0 Å². The summed E-state index contributed by atoms with van der Waals surface area (Å²) in [5.41, 5.74) is 0. The topological polar surface area (TPSA) is 0 Å². The zero-order chi connectivity index (χ0) is 21.9. The van der Waals surface area contributed by atoms with Gasteiger partial charge < -0.3 is 0 Å². The zero-order valence-electron chi connectivity index (χ0n) is 18.2. The van der Waals surface area contributed by atoms with Gasteiger partial charge in [0.25, 0.3) is 0 Å². The van der Waals surface area contributed by atoms with E-state index in [2.05, 4.69) is 135 Å². The first-order chi connectivity index (χ1) is 15.2. The van der Waals surface area contributed by atoms with Crippen LogP contribution in [0.5, 0.6) is 0 Å². The molecule has 0 radical (unpaired) electrons. The van der Waals surface area contributed by atoms with E-state index in [9.17, 15) is 0 Å². The number of alkyl halides is 1. The van der Waals surface area contributed by atoms with Gasteiger partial charge >= 0.3 is 206 Å². The molecule has 0 N–H and O–H groups in total. The summed E-state index contributed by atoms with van der Waals surface area (Å²) in [5, 5.41) is 2.47. The first-order valence-corrected chi connectivity index (χ1v) is 16.9. The average molecular weight is 560 g/mol. The molecule has 0 nitrogen and oxygen atoms in total. The Labute approximate surface area is 205 Å². The van der Waals surface area contributed by atoms with Gasteiger partial charge in [-0.15, -0.1) is 0 Å². The molecule has 0 aromatic heterocycles. The van der Waals surface area contributed by atoms with Crippen LogP contribution < -0.4 is 15.9 Å². The van der Waals surface area contributed by atoms with Crippen LogP contribution in [0.15, 0.2) is 103 Å². The molecule has 3 aromatic rings. The molecule has 3 heteroatoms. The molecule has 0 heterocycles. The summed E-state index contributed by atoms with van der Waals surface area (Å²) in [7, 11) is 0. The second-order valence-corrected chi connectivity index (χ2v) is 17.9. The van der Waals surface area contributed by atoms with Gasteiger partial charge in [0, 0.05) is 0 Å². The van der Waals surface area contributed by atoms with Crippen molar-refractivity contribution in [2.75, 3.05) is 11.5 Å². The first kappa shape index (κ1) is 24.4. The molecule has 3 aromatic carbocycles. The number of unbranched alkanes of at least 4 members (excludes halogenated alkanes) is 5. The summed E-state index contributed by atoms with van der Waals surface area (Å²) in [6, 6.07) is 33.1. The molecular formula is C28H33Br2P. The fourth-order valence-electron chi connectivity index (χ4n) is 4.26. The van der Waals surface area contributed by atoms with Crippen LogP contribution in [0.25, 0.3) is 0 Å². The van der Waals surface area contributed by atoms with E-state index in [0.717, 1.165) is 17.9 Å². The van der Waals surface area contributed by atoms with Gasteiger partial charge in [-0.25, -0.2) is 0 Å². The molecule has 0 saturated carbocycles. The van der Waals surface area contributed by atoms with Gasteiger partial charge in [0.15, 0.2) is 0 Å². The minimum absolute atomic E-state index is 0.979. The second kappa shape index (κ2) is 12.1. The molecule has 0 unspecified atom stereocenters. The predicted octanol–water partition coefficient (Wildman–Crippen LogP) is 8.12. The number of halogens is 2. The van der Waals surface area contributed by atoms with Crippen LogP contribution in [0.1, 0.15) is 38.5 Å².